The Morgan fingerprint density at radius 3 is 2.83 bits per heavy atom. The Balaban J connectivity index is 0.000000203. The number of carboxylic acid groups (broad SMARTS) is 1. The van der Waals surface area contributed by atoms with E-state index in [0.29, 0.717) is 15.9 Å². The fourth-order valence-corrected chi connectivity index (χ4v) is 2.43. The molecule has 4 N–H and O–H groups in total. The molecule has 1 atom stereocenters. The maximum atomic E-state index is 11.6. The molecule has 0 spiro atoms. The summed E-state index contributed by atoms with van der Waals surface area (Å²) in [7, 11) is 0. The molecule has 1 saturated heterocycles. The van der Waals surface area contributed by atoms with Gasteiger partial charge in [0.05, 0.1) is 11.7 Å². The molecule has 1 unspecified atom stereocenters. The van der Waals surface area contributed by atoms with Crippen LogP contribution in [0.1, 0.15) is 23.2 Å². The minimum Gasteiger partial charge on any atom is -0.477 e. The maximum absolute atomic E-state index is 11.6. The van der Waals surface area contributed by atoms with Crippen LogP contribution in [-0.2, 0) is 4.79 Å². The van der Waals surface area contributed by atoms with Crippen molar-refractivity contribution in [2.75, 3.05) is 6.54 Å². The summed E-state index contributed by atoms with van der Waals surface area (Å²) in [6, 6.07) is 4.62. The number of carboxylic acids is 1. The molecular weight excluding hydrogens is 322 g/mol. The standard InChI is InChI=1S/C10H6ClNO3.C5H10N2O/c11-5-1-2-6-8(3-5)12-4-7(9(6)13)10(14)15;8-4-7-5-2-1-3-6-5/h1-4H,(H,12,13)(H,14,15);4-6H,1-3H2,(H,7,8). The van der Waals surface area contributed by atoms with E-state index >= 15 is 0 Å². The van der Waals surface area contributed by atoms with E-state index in [1.54, 1.807) is 12.1 Å². The van der Waals surface area contributed by atoms with E-state index in [2.05, 4.69) is 15.6 Å². The number of hydrogen-bond acceptors (Lipinski definition) is 4. The molecule has 2 heterocycles. The molecule has 1 amide bonds. The van der Waals surface area contributed by atoms with E-state index in [1.165, 1.54) is 18.7 Å². The first-order valence-electron chi connectivity index (χ1n) is 7.00. The SMILES string of the molecule is O=C(O)c1c[nH]c2cc(Cl)ccc2c1=O.O=CNC1CCCN1. The molecular formula is C15H16ClN3O4. The third-order valence-electron chi connectivity index (χ3n) is 3.40. The predicted molar refractivity (Wildman–Crippen MR) is 86.8 cm³/mol. The first kappa shape index (κ1) is 17.0. The van der Waals surface area contributed by atoms with E-state index in [9.17, 15) is 14.4 Å². The van der Waals surface area contributed by atoms with Crippen LogP contribution in [0.25, 0.3) is 10.9 Å². The summed E-state index contributed by atoms with van der Waals surface area (Å²) in [6.07, 6.45) is 4.39. The highest BCUT2D eigenvalue weighted by molar-refractivity contribution is 6.31. The largest absolute Gasteiger partial charge is 0.477 e. The first-order valence-corrected chi connectivity index (χ1v) is 7.38. The summed E-state index contributed by atoms with van der Waals surface area (Å²) in [5, 5.41) is 15.3. The molecule has 1 aliphatic rings. The lowest BCUT2D eigenvalue weighted by Crippen LogP contribution is -2.35. The maximum Gasteiger partial charge on any atom is 0.341 e. The van der Waals surface area contributed by atoms with Crippen molar-refractivity contribution >= 4 is 34.9 Å². The minimum atomic E-state index is -1.24. The predicted octanol–water partition coefficient (Wildman–Crippen LogP) is 1.32. The van der Waals surface area contributed by atoms with Gasteiger partial charge in [0.25, 0.3) is 0 Å². The zero-order valence-electron chi connectivity index (χ0n) is 12.1. The van der Waals surface area contributed by atoms with Gasteiger partial charge in [-0.05, 0) is 37.6 Å². The molecule has 7 nitrogen and oxygen atoms in total. The molecule has 1 aromatic heterocycles. The fourth-order valence-electron chi connectivity index (χ4n) is 2.26. The van der Waals surface area contributed by atoms with E-state index in [-0.39, 0.29) is 11.7 Å². The molecule has 0 aliphatic carbocycles. The second kappa shape index (κ2) is 7.75. The highest BCUT2D eigenvalue weighted by Gasteiger charge is 2.11. The molecule has 2 aromatic rings. The van der Waals surface area contributed by atoms with Crippen molar-refractivity contribution < 1.29 is 14.7 Å². The van der Waals surface area contributed by atoms with Crippen LogP contribution in [0.2, 0.25) is 5.02 Å². The summed E-state index contributed by atoms with van der Waals surface area (Å²) in [6.45, 7) is 1.03. The Kier molecular flexibility index (Phi) is 5.72. The van der Waals surface area contributed by atoms with Crippen LogP contribution in [0.4, 0.5) is 0 Å². The molecule has 1 aromatic carbocycles. The monoisotopic (exact) mass is 337 g/mol. The van der Waals surface area contributed by atoms with Crippen molar-refractivity contribution in [3.05, 3.63) is 45.2 Å². The zero-order chi connectivity index (χ0) is 16.8. The molecule has 0 radical (unpaired) electrons. The number of fused-ring (bicyclic) bond motifs is 1. The lowest BCUT2D eigenvalue weighted by atomic mass is 10.1. The average molecular weight is 338 g/mol. The van der Waals surface area contributed by atoms with Gasteiger partial charge in [0.15, 0.2) is 0 Å². The number of hydrogen-bond donors (Lipinski definition) is 4. The van der Waals surface area contributed by atoms with Crippen LogP contribution < -0.4 is 16.1 Å². The highest BCUT2D eigenvalue weighted by atomic mass is 35.5. The van der Waals surface area contributed by atoms with Gasteiger partial charge >= 0.3 is 5.97 Å². The minimum absolute atomic E-state index is 0.243. The lowest BCUT2D eigenvalue weighted by molar-refractivity contribution is -0.110. The Labute approximate surface area is 136 Å². The van der Waals surface area contributed by atoms with Gasteiger partial charge < -0.3 is 15.4 Å². The van der Waals surface area contributed by atoms with E-state index in [4.69, 9.17) is 16.7 Å². The van der Waals surface area contributed by atoms with Crippen molar-refractivity contribution in [1.82, 2.24) is 15.6 Å². The van der Waals surface area contributed by atoms with Crippen LogP contribution in [-0.4, -0.2) is 35.2 Å². The number of carbonyl (C=O) groups is 2. The van der Waals surface area contributed by atoms with Gasteiger partial charge in [-0.3, -0.25) is 14.9 Å². The van der Waals surface area contributed by atoms with Crippen molar-refractivity contribution in [3.63, 3.8) is 0 Å². The van der Waals surface area contributed by atoms with Gasteiger partial charge in [-0.2, -0.15) is 0 Å². The second-order valence-corrected chi connectivity index (χ2v) is 5.40. The van der Waals surface area contributed by atoms with Crippen LogP contribution in [0.3, 0.4) is 0 Å². The number of aromatic carboxylic acids is 1. The Hall–Kier alpha value is -2.38. The normalized spacial score (nSPS) is 16.5. The molecule has 23 heavy (non-hydrogen) atoms. The third-order valence-corrected chi connectivity index (χ3v) is 3.64. The first-order chi connectivity index (χ1) is 11.0. The molecule has 1 fully saturated rings. The Bertz CT molecular complexity index is 769. The molecule has 8 heteroatoms. The van der Waals surface area contributed by atoms with Crippen molar-refractivity contribution in [2.24, 2.45) is 0 Å². The third kappa shape index (κ3) is 4.30. The summed E-state index contributed by atoms with van der Waals surface area (Å²) >= 11 is 5.73. The number of amides is 1. The summed E-state index contributed by atoms with van der Waals surface area (Å²) < 4.78 is 0. The van der Waals surface area contributed by atoms with Gasteiger partial charge in [-0.25, -0.2) is 4.79 Å². The topological polar surface area (TPSA) is 111 Å². The van der Waals surface area contributed by atoms with E-state index in [1.807, 2.05) is 0 Å². The van der Waals surface area contributed by atoms with Gasteiger partial charge in [-0.1, -0.05) is 11.6 Å². The summed E-state index contributed by atoms with van der Waals surface area (Å²) in [4.78, 5) is 34.9. The fraction of sp³-hybridized carbons (Fsp3) is 0.267. The molecule has 122 valence electrons. The number of H-pyrrole nitrogens is 1. The van der Waals surface area contributed by atoms with Crippen molar-refractivity contribution in [3.8, 4) is 0 Å². The highest BCUT2D eigenvalue weighted by Crippen LogP contribution is 2.14. The average Bonchev–Trinajstić information content (AvgIpc) is 3.01. The number of rotatable bonds is 3. The number of carbonyl (C=O) groups excluding carboxylic acids is 1. The number of pyridine rings is 1. The summed E-state index contributed by atoms with van der Waals surface area (Å²) in [5.41, 5.74) is -0.254. The van der Waals surface area contributed by atoms with Gasteiger partial charge in [0.2, 0.25) is 11.8 Å². The Morgan fingerprint density at radius 1 is 1.43 bits per heavy atom. The van der Waals surface area contributed by atoms with Crippen LogP contribution in [0.5, 0.6) is 0 Å². The second-order valence-electron chi connectivity index (χ2n) is 4.96. The molecule has 0 saturated carbocycles. The van der Waals surface area contributed by atoms with E-state index < -0.39 is 11.4 Å². The van der Waals surface area contributed by atoms with Crippen molar-refractivity contribution in [1.29, 1.82) is 0 Å². The number of halogens is 1. The van der Waals surface area contributed by atoms with Crippen LogP contribution in [0.15, 0.2) is 29.2 Å². The smallest absolute Gasteiger partial charge is 0.341 e. The summed E-state index contributed by atoms with van der Waals surface area (Å²) in [5.74, 6) is -1.24. The van der Waals surface area contributed by atoms with Crippen LogP contribution >= 0.6 is 11.6 Å². The van der Waals surface area contributed by atoms with Gasteiger partial charge in [-0.15, -0.1) is 0 Å². The quantitative estimate of drug-likeness (QED) is 0.631. The van der Waals surface area contributed by atoms with E-state index in [0.717, 1.165) is 19.4 Å². The number of aromatic nitrogens is 1. The number of nitrogens with one attached hydrogen (secondary N) is 3. The van der Waals surface area contributed by atoms with Gasteiger partial charge in [0.1, 0.15) is 5.56 Å². The molecule has 1 aliphatic heterocycles. The van der Waals surface area contributed by atoms with Crippen molar-refractivity contribution in [2.45, 2.75) is 19.0 Å². The Morgan fingerprint density at radius 2 is 2.22 bits per heavy atom. The van der Waals surface area contributed by atoms with Crippen LogP contribution in [0, 0.1) is 0 Å². The number of benzene rings is 1. The number of aromatic amines is 1. The van der Waals surface area contributed by atoms with Gasteiger partial charge in [0, 0.05) is 16.6 Å². The molecule has 0 bridgehead atoms. The molecule has 3 rings (SSSR count). The lowest BCUT2D eigenvalue weighted by Gasteiger charge is -2.05. The zero-order valence-corrected chi connectivity index (χ0v) is 12.9.